The van der Waals surface area contributed by atoms with E-state index in [4.69, 9.17) is 8.92 Å². The van der Waals surface area contributed by atoms with Crippen LogP contribution in [0.15, 0.2) is 23.8 Å². The summed E-state index contributed by atoms with van der Waals surface area (Å²) in [6.07, 6.45) is 2.23. The van der Waals surface area contributed by atoms with Gasteiger partial charge in [-0.05, 0) is 88.7 Å². The molecule has 0 bridgehead atoms. The number of aliphatic hydroxyl groups is 2. The van der Waals surface area contributed by atoms with E-state index in [1.807, 2.05) is 26.8 Å². The molecule has 0 aliphatic heterocycles. The van der Waals surface area contributed by atoms with Gasteiger partial charge in [-0.15, -0.1) is 0 Å². The molecule has 0 aromatic rings. The summed E-state index contributed by atoms with van der Waals surface area (Å²) in [5.41, 5.74) is -6.52. The van der Waals surface area contributed by atoms with Crippen molar-refractivity contribution >= 4 is 33.7 Å². The molecule has 246 valence electrons. The van der Waals surface area contributed by atoms with Crippen LogP contribution in [0, 0.1) is 39.4 Å². The highest BCUT2D eigenvalue weighted by Crippen LogP contribution is 2.74. The second-order valence-corrected chi connectivity index (χ2v) is 16.3. The van der Waals surface area contributed by atoms with Crippen molar-refractivity contribution in [2.45, 2.75) is 111 Å². The maximum Gasteiger partial charge on any atom is 0.398 e. The van der Waals surface area contributed by atoms with Gasteiger partial charge in [-0.25, -0.2) is 4.18 Å². The minimum absolute atomic E-state index is 0.0771. The molecule has 0 aromatic carbocycles. The Morgan fingerprint density at radius 1 is 1.07 bits per heavy atom. The normalized spacial score (nSPS) is 40.0. The molecular weight excluding hydrogens is 592 g/mol. The molecular formula is C32H46O11S. The number of ketones is 3. The highest BCUT2D eigenvalue weighted by Gasteiger charge is 2.74. The van der Waals surface area contributed by atoms with E-state index in [1.165, 1.54) is 19.9 Å². The molecule has 3 saturated carbocycles. The molecule has 0 amide bonds. The molecule has 3 fully saturated rings. The maximum atomic E-state index is 14.5. The van der Waals surface area contributed by atoms with Crippen LogP contribution in [0.3, 0.4) is 0 Å². The van der Waals surface area contributed by atoms with Gasteiger partial charge < -0.3 is 14.9 Å². The van der Waals surface area contributed by atoms with Crippen LogP contribution in [0.5, 0.6) is 0 Å². The summed E-state index contributed by atoms with van der Waals surface area (Å²) in [6.45, 7) is 14.7. The van der Waals surface area contributed by atoms with E-state index in [9.17, 15) is 42.4 Å². The minimum atomic E-state index is -4.95. The van der Waals surface area contributed by atoms with Crippen molar-refractivity contribution in [3.63, 3.8) is 0 Å². The quantitative estimate of drug-likeness (QED) is 0.161. The monoisotopic (exact) mass is 638 g/mol. The van der Waals surface area contributed by atoms with E-state index >= 15 is 0 Å². The standard InChI is InChI=1S/C32H46O11S/c1-17(33)42-27(2,3)13-12-23(35)32(9,38)25-20(34)15-29(6)22-11-10-18-19(31(22,8)24(36)16-30(25,29)7)14-21(43-44(39,40)41)26(37)28(18,4)5/h10,12-13,19-22,25,34,38H,11,14-16H2,1-9H3,(H,39,40,41). The van der Waals surface area contributed by atoms with Crippen molar-refractivity contribution < 1.29 is 51.3 Å². The molecule has 0 heterocycles. The van der Waals surface area contributed by atoms with Crippen LogP contribution >= 0.6 is 0 Å². The molecule has 4 aliphatic rings. The van der Waals surface area contributed by atoms with Gasteiger partial charge in [0.1, 0.15) is 23.1 Å². The van der Waals surface area contributed by atoms with E-state index in [-0.39, 0.29) is 25.0 Å². The molecule has 9 atom stereocenters. The van der Waals surface area contributed by atoms with Crippen molar-refractivity contribution in [3.05, 3.63) is 23.8 Å². The van der Waals surface area contributed by atoms with Gasteiger partial charge in [-0.2, -0.15) is 8.42 Å². The fourth-order valence-electron chi connectivity index (χ4n) is 9.61. The molecule has 0 saturated heterocycles. The Hall–Kier alpha value is -2.25. The molecule has 0 spiro atoms. The van der Waals surface area contributed by atoms with Crippen LogP contribution in [-0.2, 0) is 38.5 Å². The zero-order chi connectivity index (χ0) is 33.6. The lowest BCUT2D eigenvalue weighted by Gasteiger charge is -2.64. The predicted octanol–water partition coefficient (Wildman–Crippen LogP) is 3.33. The average Bonchev–Trinajstić information content (AvgIpc) is 3.04. The van der Waals surface area contributed by atoms with Crippen molar-refractivity contribution in [1.29, 1.82) is 0 Å². The zero-order valence-electron chi connectivity index (χ0n) is 27.0. The molecule has 44 heavy (non-hydrogen) atoms. The van der Waals surface area contributed by atoms with Crippen molar-refractivity contribution in [1.82, 2.24) is 0 Å². The summed E-state index contributed by atoms with van der Waals surface area (Å²) < 4.78 is 42.8. The third-order valence-corrected chi connectivity index (χ3v) is 12.2. The van der Waals surface area contributed by atoms with Gasteiger partial charge >= 0.3 is 16.4 Å². The number of hydrogen-bond acceptors (Lipinski definition) is 10. The first kappa shape index (κ1) is 34.6. The third-order valence-electron chi connectivity index (χ3n) is 11.8. The van der Waals surface area contributed by atoms with Gasteiger partial charge in [-0.1, -0.05) is 32.4 Å². The topological polar surface area (TPSA) is 182 Å². The molecule has 0 aromatic heterocycles. The van der Waals surface area contributed by atoms with E-state index in [1.54, 1.807) is 27.7 Å². The van der Waals surface area contributed by atoms with Crippen LogP contribution in [0.1, 0.15) is 88.0 Å². The predicted molar refractivity (Wildman–Crippen MR) is 158 cm³/mol. The summed E-state index contributed by atoms with van der Waals surface area (Å²) in [5.74, 6) is -3.92. The highest BCUT2D eigenvalue weighted by atomic mass is 32.3. The van der Waals surface area contributed by atoms with E-state index in [2.05, 4.69) is 0 Å². The van der Waals surface area contributed by atoms with Gasteiger partial charge in [0, 0.05) is 30.1 Å². The molecule has 4 aliphatic carbocycles. The van der Waals surface area contributed by atoms with Crippen LogP contribution in [0.2, 0.25) is 0 Å². The number of fused-ring (bicyclic) bond motifs is 5. The lowest BCUT2D eigenvalue weighted by molar-refractivity contribution is -0.183. The fraction of sp³-hybridized carbons (Fsp3) is 0.750. The van der Waals surface area contributed by atoms with E-state index < -0.39 is 90.8 Å². The van der Waals surface area contributed by atoms with Gasteiger partial charge in [0.15, 0.2) is 11.6 Å². The number of carbonyl (C=O) groups is 4. The Kier molecular flexibility index (Phi) is 8.17. The molecule has 12 heteroatoms. The molecule has 11 nitrogen and oxygen atoms in total. The van der Waals surface area contributed by atoms with E-state index in [0.29, 0.717) is 6.42 Å². The Bertz CT molecular complexity index is 1450. The summed E-state index contributed by atoms with van der Waals surface area (Å²) in [4.78, 5) is 52.7. The SMILES string of the molecule is CC(=O)OC(C)(C)C=CC(=O)C(C)(O)C1C(O)CC2(C)C3CC=C4C(CC(OS(=O)(=O)O)C(=O)C4(C)C)C3(C)C(=O)CC12C. The molecule has 4 rings (SSSR count). The van der Waals surface area contributed by atoms with E-state index in [0.717, 1.165) is 11.6 Å². The van der Waals surface area contributed by atoms with Crippen LogP contribution < -0.4 is 0 Å². The maximum absolute atomic E-state index is 14.5. The first-order chi connectivity index (χ1) is 19.8. The van der Waals surface area contributed by atoms with Gasteiger partial charge in [-0.3, -0.25) is 23.7 Å². The number of aliphatic hydroxyl groups excluding tert-OH is 1. The first-order valence-electron chi connectivity index (χ1n) is 15.0. The van der Waals surface area contributed by atoms with Gasteiger partial charge in [0.05, 0.1) is 6.10 Å². The number of rotatable bonds is 7. The number of allylic oxidation sites excluding steroid dienone is 2. The molecule has 0 radical (unpaired) electrons. The van der Waals surface area contributed by atoms with Crippen molar-refractivity contribution in [3.8, 4) is 0 Å². The van der Waals surface area contributed by atoms with Crippen LogP contribution in [0.25, 0.3) is 0 Å². The summed E-state index contributed by atoms with van der Waals surface area (Å²) in [5, 5.41) is 23.4. The number of carbonyl (C=O) groups excluding carboxylic acids is 4. The largest absolute Gasteiger partial charge is 0.456 e. The lowest BCUT2D eigenvalue weighted by Crippen LogP contribution is -2.65. The van der Waals surface area contributed by atoms with Gasteiger partial charge in [0.25, 0.3) is 0 Å². The second-order valence-electron chi connectivity index (χ2n) is 15.2. The minimum Gasteiger partial charge on any atom is -0.456 e. The Morgan fingerprint density at radius 3 is 2.20 bits per heavy atom. The highest BCUT2D eigenvalue weighted by molar-refractivity contribution is 7.80. The average molecular weight is 639 g/mol. The fourth-order valence-corrected chi connectivity index (χ4v) is 10.1. The smallest absolute Gasteiger partial charge is 0.398 e. The van der Waals surface area contributed by atoms with Crippen LogP contribution in [-0.4, -0.2) is 69.9 Å². The Morgan fingerprint density at radius 2 is 1.66 bits per heavy atom. The molecule has 9 unspecified atom stereocenters. The summed E-state index contributed by atoms with van der Waals surface area (Å²) in [6, 6.07) is 0. The Labute approximate surface area is 259 Å². The van der Waals surface area contributed by atoms with Crippen LogP contribution in [0.4, 0.5) is 0 Å². The second kappa shape index (κ2) is 10.4. The zero-order valence-corrected chi connectivity index (χ0v) is 27.8. The molecule has 3 N–H and O–H groups in total. The third kappa shape index (κ3) is 5.14. The number of Topliss-reactive ketones (excluding diaryl/α,β-unsaturated/α-hetero) is 2. The number of ether oxygens (including phenoxy) is 1. The van der Waals surface area contributed by atoms with Crippen molar-refractivity contribution in [2.75, 3.05) is 0 Å². The number of esters is 1. The summed E-state index contributed by atoms with van der Waals surface area (Å²) in [7, 11) is -4.95. The van der Waals surface area contributed by atoms with Gasteiger partial charge in [0.2, 0.25) is 0 Å². The summed E-state index contributed by atoms with van der Waals surface area (Å²) >= 11 is 0. The first-order valence-corrected chi connectivity index (χ1v) is 16.4. The lowest BCUT2D eigenvalue weighted by atomic mass is 9.38. The van der Waals surface area contributed by atoms with Crippen molar-refractivity contribution in [2.24, 2.45) is 39.4 Å². The number of hydrogen-bond donors (Lipinski definition) is 3. The Balaban J connectivity index is 1.76.